The number of hydrogen-bond acceptors (Lipinski definition) is 2. The van der Waals surface area contributed by atoms with E-state index in [2.05, 4.69) is 11.3 Å². The smallest absolute Gasteiger partial charge is 0.309 e. The summed E-state index contributed by atoms with van der Waals surface area (Å²) in [6, 6.07) is 0. The van der Waals surface area contributed by atoms with Gasteiger partial charge in [-0.3, -0.25) is 4.79 Å². The minimum Gasteiger partial charge on any atom is -0.469 e. The van der Waals surface area contributed by atoms with Crippen LogP contribution in [0.15, 0.2) is 12.7 Å². The Morgan fingerprint density at radius 2 is 2.50 bits per heavy atom. The minimum atomic E-state index is -0.109. The molecule has 0 bridgehead atoms. The van der Waals surface area contributed by atoms with Crippen LogP contribution in [0.3, 0.4) is 0 Å². The first kappa shape index (κ1) is 7.32. The van der Waals surface area contributed by atoms with E-state index in [9.17, 15) is 4.79 Å². The summed E-state index contributed by atoms with van der Waals surface area (Å²) in [6.07, 6.45) is 2.72. The second-order valence-corrected chi connectivity index (χ2v) is 2.99. The molecule has 2 atom stereocenters. The summed E-state index contributed by atoms with van der Waals surface area (Å²) in [4.78, 5) is 10.9. The molecule has 0 aromatic carbocycles. The number of rotatable bonds is 2. The Labute approximate surface area is 60.9 Å². The zero-order chi connectivity index (χ0) is 7.78. The summed E-state index contributed by atoms with van der Waals surface area (Å²) in [6.45, 7) is 5.67. The summed E-state index contributed by atoms with van der Waals surface area (Å²) in [7, 11) is 1.42. The van der Waals surface area contributed by atoms with Crippen LogP contribution in [0.1, 0.15) is 13.3 Å². The van der Waals surface area contributed by atoms with Gasteiger partial charge in [0.1, 0.15) is 0 Å². The molecule has 2 unspecified atom stereocenters. The van der Waals surface area contributed by atoms with Crippen molar-refractivity contribution >= 4 is 5.97 Å². The maximum absolute atomic E-state index is 10.9. The van der Waals surface area contributed by atoms with Gasteiger partial charge >= 0.3 is 5.97 Å². The Balaban J connectivity index is 2.52. The maximum Gasteiger partial charge on any atom is 0.309 e. The topological polar surface area (TPSA) is 26.3 Å². The molecule has 0 heterocycles. The van der Waals surface area contributed by atoms with Gasteiger partial charge in [0.2, 0.25) is 0 Å². The molecule has 1 fully saturated rings. The van der Waals surface area contributed by atoms with Crippen molar-refractivity contribution in [1.29, 1.82) is 0 Å². The van der Waals surface area contributed by atoms with Crippen LogP contribution in [-0.4, -0.2) is 13.1 Å². The molecule has 0 aromatic rings. The molecular weight excluding hydrogens is 128 g/mol. The molecule has 56 valence electrons. The third-order valence-corrected chi connectivity index (χ3v) is 2.23. The van der Waals surface area contributed by atoms with Gasteiger partial charge in [-0.25, -0.2) is 0 Å². The van der Waals surface area contributed by atoms with Crippen LogP contribution in [0.2, 0.25) is 0 Å². The lowest BCUT2D eigenvalue weighted by Gasteiger charge is -2.00. The monoisotopic (exact) mass is 140 g/mol. The van der Waals surface area contributed by atoms with E-state index < -0.39 is 0 Å². The van der Waals surface area contributed by atoms with Gasteiger partial charge in [0, 0.05) is 0 Å². The SMILES string of the molecule is C=CC1(C)CC1C(=O)OC. The Morgan fingerprint density at radius 1 is 1.90 bits per heavy atom. The van der Waals surface area contributed by atoms with E-state index in [4.69, 9.17) is 0 Å². The summed E-state index contributed by atoms with van der Waals surface area (Å²) in [5.41, 5.74) is 0.0209. The van der Waals surface area contributed by atoms with E-state index in [-0.39, 0.29) is 17.3 Å². The highest BCUT2D eigenvalue weighted by Crippen LogP contribution is 2.53. The van der Waals surface area contributed by atoms with E-state index in [1.165, 1.54) is 7.11 Å². The van der Waals surface area contributed by atoms with Crippen molar-refractivity contribution < 1.29 is 9.53 Å². The van der Waals surface area contributed by atoms with Gasteiger partial charge in [-0.05, 0) is 11.8 Å². The van der Waals surface area contributed by atoms with Crippen molar-refractivity contribution in [2.24, 2.45) is 11.3 Å². The summed E-state index contributed by atoms with van der Waals surface area (Å²) < 4.78 is 4.58. The molecule has 2 nitrogen and oxygen atoms in total. The number of hydrogen-bond donors (Lipinski definition) is 0. The molecule has 1 saturated carbocycles. The lowest BCUT2D eigenvalue weighted by Crippen LogP contribution is -2.07. The van der Waals surface area contributed by atoms with Gasteiger partial charge in [-0.1, -0.05) is 13.0 Å². The van der Waals surface area contributed by atoms with E-state index in [0.717, 1.165) is 6.42 Å². The van der Waals surface area contributed by atoms with E-state index in [1.54, 1.807) is 0 Å². The zero-order valence-electron chi connectivity index (χ0n) is 6.39. The van der Waals surface area contributed by atoms with Crippen molar-refractivity contribution in [3.63, 3.8) is 0 Å². The Hall–Kier alpha value is -0.790. The van der Waals surface area contributed by atoms with Crippen LogP contribution in [0.25, 0.3) is 0 Å². The quantitative estimate of drug-likeness (QED) is 0.427. The molecule has 0 radical (unpaired) electrons. The molecule has 10 heavy (non-hydrogen) atoms. The fourth-order valence-electron chi connectivity index (χ4n) is 1.10. The highest BCUT2D eigenvalue weighted by atomic mass is 16.5. The zero-order valence-corrected chi connectivity index (χ0v) is 6.39. The first-order valence-electron chi connectivity index (χ1n) is 3.35. The summed E-state index contributed by atoms with van der Waals surface area (Å²) >= 11 is 0. The van der Waals surface area contributed by atoms with Crippen molar-refractivity contribution in [1.82, 2.24) is 0 Å². The Kier molecular flexibility index (Phi) is 1.55. The first-order chi connectivity index (χ1) is 4.64. The fraction of sp³-hybridized carbons (Fsp3) is 0.625. The molecule has 1 rings (SSSR count). The molecule has 0 aliphatic heterocycles. The van der Waals surface area contributed by atoms with Gasteiger partial charge in [-0.15, -0.1) is 6.58 Å². The summed E-state index contributed by atoms with van der Waals surface area (Å²) in [5.74, 6) is -0.0441. The molecule has 0 N–H and O–H groups in total. The molecule has 0 amide bonds. The molecular formula is C8H12O2. The molecule has 0 saturated heterocycles. The van der Waals surface area contributed by atoms with Crippen LogP contribution in [-0.2, 0) is 9.53 Å². The van der Waals surface area contributed by atoms with Gasteiger partial charge in [0.15, 0.2) is 0 Å². The van der Waals surface area contributed by atoms with Crippen molar-refractivity contribution in [2.45, 2.75) is 13.3 Å². The lowest BCUT2D eigenvalue weighted by atomic mass is 10.1. The van der Waals surface area contributed by atoms with Crippen molar-refractivity contribution in [3.8, 4) is 0 Å². The van der Waals surface area contributed by atoms with Crippen LogP contribution in [0.5, 0.6) is 0 Å². The van der Waals surface area contributed by atoms with Crippen LogP contribution < -0.4 is 0 Å². The van der Waals surface area contributed by atoms with Gasteiger partial charge in [0.25, 0.3) is 0 Å². The largest absolute Gasteiger partial charge is 0.469 e. The van der Waals surface area contributed by atoms with Gasteiger partial charge in [0.05, 0.1) is 13.0 Å². The summed E-state index contributed by atoms with van der Waals surface area (Å²) in [5, 5.41) is 0. The number of allylic oxidation sites excluding steroid dienone is 1. The second kappa shape index (κ2) is 2.11. The Morgan fingerprint density at radius 3 is 2.80 bits per heavy atom. The standard InChI is InChI=1S/C8H12O2/c1-4-8(2)5-6(8)7(9)10-3/h4,6H,1,5H2,2-3H3. The molecule has 0 aromatic heterocycles. The highest BCUT2D eigenvalue weighted by Gasteiger charge is 2.53. The van der Waals surface area contributed by atoms with Crippen LogP contribution in [0, 0.1) is 11.3 Å². The maximum atomic E-state index is 10.9. The first-order valence-corrected chi connectivity index (χ1v) is 3.35. The van der Waals surface area contributed by atoms with Gasteiger partial charge in [-0.2, -0.15) is 0 Å². The lowest BCUT2D eigenvalue weighted by molar-refractivity contribution is -0.142. The fourth-order valence-corrected chi connectivity index (χ4v) is 1.10. The average molecular weight is 140 g/mol. The predicted octanol–water partition coefficient (Wildman–Crippen LogP) is 1.37. The van der Waals surface area contributed by atoms with E-state index in [0.29, 0.717) is 0 Å². The minimum absolute atomic E-state index is 0.0209. The normalized spacial score (nSPS) is 36.8. The number of methoxy groups -OCH3 is 1. The van der Waals surface area contributed by atoms with Crippen LogP contribution in [0.4, 0.5) is 0 Å². The Bertz CT molecular complexity index is 174. The third kappa shape index (κ3) is 0.939. The molecule has 1 aliphatic rings. The number of carbonyl (C=O) groups excluding carboxylic acids is 1. The molecule has 0 spiro atoms. The predicted molar refractivity (Wildman–Crippen MR) is 38.4 cm³/mol. The third-order valence-electron chi connectivity index (χ3n) is 2.23. The van der Waals surface area contributed by atoms with Crippen LogP contribution >= 0.6 is 0 Å². The average Bonchev–Trinajstić information content (AvgIpc) is 2.62. The molecule has 1 aliphatic carbocycles. The van der Waals surface area contributed by atoms with Crippen molar-refractivity contribution in [2.75, 3.05) is 7.11 Å². The molecule has 2 heteroatoms. The van der Waals surface area contributed by atoms with E-state index in [1.807, 2.05) is 13.0 Å². The van der Waals surface area contributed by atoms with Crippen molar-refractivity contribution in [3.05, 3.63) is 12.7 Å². The van der Waals surface area contributed by atoms with E-state index >= 15 is 0 Å². The van der Waals surface area contributed by atoms with Gasteiger partial charge < -0.3 is 4.74 Å². The number of carbonyl (C=O) groups is 1. The number of ether oxygens (including phenoxy) is 1. The highest BCUT2D eigenvalue weighted by molar-refractivity contribution is 5.77. The number of esters is 1. The second-order valence-electron chi connectivity index (χ2n) is 2.99.